The molecule has 2 aromatic rings. The monoisotopic (exact) mass is 298 g/mol. The molecule has 112 valence electrons. The van der Waals surface area contributed by atoms with Gasteiger partial charge in [0, 0.05) is 11.9 Å². The first-order valence-corrected chi connectivity index (χ1v) is 6.79. The minimum atomic E-state index is -1.10. The Bertz CT molecular complexity index is 727. The molecule has 0 radical (unpaired) electrons. The van der Waals surface area contributed by atoms with Crippen molar-refractivity contribution in [3.63, 3.8) is 0 Å². The Morgan fingerprint density at radius 1 is 1.27 bits per heavy atom. The van der Waals surface area contributed by atoms with Crippen LogP contribution in [0, 0.1) is 6.92 Å². The Balaban J connectivity index is 1.99. The first-order valence-electron chi connectivity index (χ1n) is 6.79. The first-order chi connectivity index (χ1) is 10.6. The van der Waals surface area contributed by atoms with Gasteiger partial charge in [-0.2, -0.15) is 0 Å². The Labute approximate surface area is 127 Å². The SMILES string of the molecule is Cc1ccc(C(=O)N2CC(C(=O)O)Oc3ccccc32)cn1. The molecular formula is C16H14N2O4. The third-order valence-corrected chi connectivity index (χ3v) is 3.45. The second-order valence-corrected chi connectivity index (χ2v) is 5.02. The number of nitrogens with zero attached hydrogens (tertiary/aromatic N) is 2. The van der Waals surface area contributed by atoms with Gasteiger partial charge in [-0.25, -0.2) is 4.79 Å². The van der Waals surface area contributed by atoms with Crippen molar-refractivity contribution < 1.29 is 19.4 Å². The summed E-state index contributed by atoms with van der Waals surface area (Å²) >= 11 is 0. The molecule has 2 heterocycles. The number of carbonyl (C=O) groups excluding carboxylic acids is 1. The number of carboxylic acids is 1. The molecule has 6 heteroatoms. The van der Waals surface area contributed by atoms with E-state index in [9.17, 15) is 14.7 Å². The summed E-state index contributed by atoms with van der Waals surface area (Å²) in [5.41, 5.74) is 1.78. The molecule has 0 bridgehead atoms. The van der Waals surface area contributed by atoms with Crippen LogP contribution in [0.4, 0.5) is 5.69 Å². The number of carboxylic acid groups (broad SMARTS) is 1. The van der Waals surface area contributed by atoms with Gasteiger partial charge in [0.25, 0.3) is 5.91 Å². The van der Waals surface area contributed by atoms with E-state index in [2.05, 4.69) is 4.98 Å². The van der Waals surface area contributed by atoms with Crippen LogP contribution in [0.1, 0.15) is 16.1 Å². The van der Waals surface area contributed by atoms with Crippen LogP contribution in [0.2, 0.25) is 0 Å². The fourth-order valence-electron chi connectivity index (χ4n) is 2.31. The van der Waals surface area contributed by atoms with Gasteiger partial charge in [-0.3, -0.25) is 9.78 Å². The third kappa shape index (κ3) is 2.50. The van der Waals surface area contributed by atoms with Crippen molar-refractivity contribution in [3.05, 3.63) is 53.9 Å². The second-order valence-electron chi connectivity index (χ2n) is 5.02. The van der Waals surface area contributed by atoms with Gasteiger partial charge >= 0.3 is 5.97 Å². The summed E-state index contributed by atoms with van der Waals surface area (Å²) in [5.74, 6) is -1.02. The molecule has 22 heavy (non-hydrogen) atoms. The number of hydrogen-bond donors (Lipinski definition) is 1. The number of aromatic nitrogens is 1. The van der Waals surface area contributed by atoms with Crippen LogP contribution in [0.3, 0.4) is 0 Å². The number of amides is 1. The molecule has 3 rings (SSSR count). The van der Waals surface area contributed by atoms with E-state index in [1.54, 1.807) is 36.4 Å². The average molecular weight is 298 g/mol. The topological polar surface area (TPSA) is 79.7 Å². The van der Waals surface area contributed by atoms with E-state index >= 15 is 0 Å². The molecule has 0 aliphatic carbocycles. The van der Waals surface area contributed by atoms with Gasteiger partial charge in [-0.05, 0) is 31.2 Å². The van der Waals surface area contributed by atoms with Crippen molar-refractivity contribution in [3.8, 4) is 5.75 Å². The number of carbonyl (C=O) groups is 2. The number of anilines is 1. The van der Waals surface area contributed by atoms with Crippen molar-refractivity contribution in [2.24, 2.45) is 0 Å². The molecule has 6 nitrogen and oxygen atoms in total. The highest BCUT2D eigenvalue weighted by Gasteiger charge is 2.34. The van der Waals surface area contributed by atoms with Crippen LogP contribution in [0.15, 0.2) is 42.6 Å². The number of rotatable bonds is 2. The Hall–Kier alpha value is -2.89. The van der Waals surface area contributed by atoms with E-state index in [1.807, 2.05) is 6.92 Å². The zero-order valence-electron chi connectivity index (χ0n) is 11.9. The number of aliphatic carboxylic acids is 1. The molecule has 0 saturated heterocycles. The maximum absolute atomic E-state index is 12.7. The number of aryl methyl sites for hydroxylation is 1. The molecule has 1 atom stereocenters. The number of ether oxygens (including phenoxy) is 1. The average Bonchev–Trinajstić information content (AvgIpc) is 2.53. The summed E-state index contributed by atoms with van der Waals surface area (Å²) < 4.78 is 5.42. The third-order valence-electron chi connectivity index (χ3n) is 3.45. The first kappa shape index (κ1) is 14.1. The molecule has 0 fully saturated rings. The highest BCUT2D eigenvalue weighted by molar-refractivity contribution is 6.07. The van der Waals surface area contributed by atoms with Crippen LogP contribution >= 0.6 is 0 Å². The van der Waals surface area contributed by atoms with Crippen LogP contribution in [0.25, 0.3) is 0 Å². The molecule has 1 aromatic carbocycles. The lowest BCUT2D eigenvalue weighted by Gasteiger charge is -2.33. The smallest absolute Gasteiger partial charge is 0.346 e. The summed E-state index contributed by atoms with van der Waals surface area (Å²) in [4.78, 5) is 29.4. The van der Waals surface area contributed by atoms with Crippen molar-refractivity contribution in [1.29, 1.82) is 0 Å². The highest BCUT2D eigenvalue weighted by Crippen LogP contribution is 2.34. The summed E-state index contributed by atoms with van der Waals surface area (Å²) in [6, 6.07) is 10.3. The number of hydrogen-bond acceptors (Lipinski definition) is 4. The summed E-state index contributed by atoms with van der Waals surface area (Å²) in [7, 11) is 0. The molecule has 1 aliphatic heterocycles. The van der Waals surface area contributed by atoms with E-state index in [0.717, 1.165) is 5.69 Å². The minimum Gasteiger partial charge on any atom is -0.478 e. The lowest BCUT2D eigenvalue weighted by molar-refractivity contribution is -0.144. The quantitative estimate of drug-likeness (QED) is 0.915. The fraction of sp³-hybridized carbons (Fsp3) is 0.188. The number of para-hydroxylation sites is 2. The zero-order chi connectivity index (χ0) is 15.7. The molecule has 0 saturated carbocycles. The normalized spacial score (nSPS) is 16.6. The summed E-state index contributed by atoms with van der Waals surface area (Å²) in [5, 5.41) is 9.20. The van der Waals surface area contributed by atoms with E-state index in [4.69, 9.17) is 4.74 Å². The lowest BCUT2D eigenvalue weighted by atomic mass is 10.1. The molecule has 1 N–H and O–H groups in total. The van der Waals surface area contributed by atoms with Crippen molar-refractivity contribution in [1.82, 2.24) is 4.98 Å². The van der Waals surface area contributed by atoms with E-state index < -0.39 is 12.1 Å². The van der Waals surface area contributed by atoms with Crippen molar-refractivity contribution in [2.75, 3.05) is 11.4 Å². The predicted molar refractivity (Wildman–Crippen MR) is 79.1 cm³/mol. The highest BCUT2D eigenvalue weighted by atomic mass is 16.5. The van der Waals surface area contributed by atoms with E-state index in [0.29, 0.717) is 17.0 Å². The van der Waals surface area contributed by atoms with Gasteiger partial charge < -0.3 is 14.7 Å². The van der Waals surface area contributed by atoms with Crippen molar-refractivity contribution in [2.45, 2.75) is 13.0 Å². The minimum absolute atomic E-state index is 0.0426. The van der Waals surface area contributed by atoms with Gasteiger partial charge in [0.15, 0.2) is 0 Å². The predicted octanol–water partition coefficient (Wildman–Crippen LogP) is 1.88. The maximum Gasteiger partial charge on any atom is 0.346 e. The number of benzene rings is 1. The van der Waals surface area contributed by atoms with E-state index in [1.165, 1.54) is 11.1 Å². The van der Waals surface area contributed by atoms with Gasteiger partial charge in [-0.15, -0.1) is 0 Å². The summed E-state index contributed by atoms with van der Waals surface area (Å²) in [6.45, 7) is 1.79. The second kappa shape index (κ2) is 5.48. The van der Waals surface area contributed by atoms with Gasteiger partial charge in [0.05, 0.1) is 17.8 Å². The Morgan fingerprint density at radius 3 is 2.73 bits per heavy atom. The van der Waals surface area contributed by atoms with Gasteiger partial charge in [0.1, 0.15) is 5.75 Å². The van der Waals surface area contributed by atoms with Crippen molar-refractivity contribution >= 4 is 17.6 Å². The molecule has 1 unspecified atom stereocenters. The number of fused-ring (bicyclic) bond motifs is 1. The fourth-order valence-corrected chi connectivity index (χ4v) is 2.31. The summed E-state index contributed by atoms with van der Waals surface area (Å²) in [6.07, 6.45) is 0.406. The van der Waals surface area contributed by atoms with Gasteiger partial charge in [-0.1, -0.05) is 12.1 Å². The standard InChI is InChI=1S/C16H14N2O4/c1-10-6-7-11(8-17-10)15(19)18-9-14(16(20)21)22-13-5-3-2-4-12(13)18/h2-8,14H,9H2,1H3,(H,20,21). The molecule has 0 spiro atoms. The molecule has 1 aromatic heterocycles. The van der Waals surface area contributed by atoms with Crippen LogP contribution in [-0.4, -0.2) is 34.6 Å². The van der Waals surface area contributed by atoms with Crippen LogP contribution in [-0.2, 0) is 4.79 Å². The molecular weight excluding hydrogens is 284 g/mol. The van der Waals surface area contributed by atoms with Crippen LogP contribution in [0.5, 0.6) is 5.75 Å². The molecule has 1 amide bonds. The molecule has 1 aliphatic rings. The lowest BCUT2D eigenvalue weighted by Crippen LogP contribution is -2.47. The zero-order valence-corrected chi connectivity index (χ0v) is 11.9. The van der Waals surface area contributed by atoms with Gasteiger partial charge in [0.2, 0.25) is 6.10 Å². The Morgan fingerprint density at radius 2 is 2.05 bits per heavy atom. The number of pyridine rings is 1. The van der Waals surface area contributed by atoms with E-state index in [-0.39, 0.29) is 12.5 Å². The maximum atomic E-state index is 12.7. The Kier molecular flexibility index (Phi) is 3.50. The largest absolute Gasteiger partial charge is 0.478 e. The van der Waals surface area contributed by atoms with Crippen LogP contribution < -0.4 is 9.64 Å².